The molecular weight excluding hydrogens is 379 g/mol. The molecule has 4 rings (SSSR count). The zero-order chi connectivity index (χ0) is 20.9. The van der Waals surface area contributed by atoms with E-state index in [4.69, 9.17) is 4.74 Å². The zero-order valence-corrected chi connectivity index (χ0v) is 17.6. The lowest BCUT2D eigenvalue weighted by Gasteiger charge is -2.19. The number of nitrogens with one attached hydrogen (secondary N) is 3. The topological polar surface area (TPSA) is 90.3 Å². The van der Waals surface area contributed by atoms with Crippen molar-refractivity contribution >= 4 is 41.6 Å². The lowest BCUT2D eigenvalue weighted by molar-refractivity contribution is -0.118. The third-order valence-electron chi connectivity index (χ3n) is 5.54. The van der Waals surface area contributed by atoms with Gasteiger partial charge in [-0.3, -0.25) is 9.79 Å². The molecule has 8 nitrogen and oxygen atoms in total. The molecule has 1 aromatic carbocycles. The smallest absolute Gasteiger partial charge is 0.247 e. The number of hydrogen-bond donors (Lipinski definition) is 3. The Kier molecular flexibility index (Phi) is 6.49. The van der Waals surface area contributed by atoms with Crippen molar-refractivity contribution in [3.63, 3.8) is 0 Å². The van der Waals surface area contributed by atoms with Gasteiger partial charge in [-0.25, -0.2) is 4.99 Å². The van der Waals surface area contributed by atoms with Gasteiger partial charge < -0.3 is 25.6 Å². The molecule has 0 aromatic heterocycles. The fourth-order valence-electron chi connectivity index (χ4n) is 3.75. The number of rotatable bonds is 6. The van der Waals surface area contributed by atoms with E-state index in [1.54, 1.807) is 13.2 Å². The van der Waals surface area contributed by atoms with Crippen LogP contribution in [0.15, 0.2) is 39.8 Å². The van der Waals surface area contributed by atoms with E-state index in [0.717, 1.165) is 54.2 Å². The van der Waals surface area contributed by atoms with Gasteiger partial charge in [0.15, 0.2) is 0 Å². The van der Waals surface area contributed by atoms with Crippen LogP contribution < -0.4 is 26.3 Å². The van der Waals surface area contributed by atoms with Gasteiger partial charge in [0, 0.05) is 56.8 Å². The minimum atomic E-state index is -0.00770. The van der Waals surface area contributed by atoms with E-state index in [9.17, 15) is 4.79 Å². The monoisotopic (exact) mass is 407 g/mol. The number of hydrogen-bond acceptors (Lipinski definition) is 6. The van der Waals surface area contributed by atoms with Crippen LogP contribution in [0.4, 0.5) is 11.4 Å². The van der Waals surface area contributed by atoms with Crippen molar-refractivity contribution in [3.8, 4) is 0 Å². The number of nitrogens with zero attached hydrogens (tertiary/aromatic N) is 3. The standard InChI is InChI=1S/C21H28BN6O2/c1-28(9-10-30-2)16-3-4-18-17(12-16)22-21(26-18)27-19-11-14(5-8-24-19)20(29)25-15-6-7-23-13-15/h3-4,11-12,15,23H,5-10,13H2,1-2H3,(H,25,29)(H,24,26,27)/t15-/m1/s1. The van der Waals surface area contributed by atoms with Crippen molar-refractivity contribution in [2.45, 2.75) is 18.9 Å². The van der Waals surface area contributed by atoms with Gasteiger partial charge >= 0.3 is 0 Å². The summed E-state index contributed by atoms with van der Waals surface area (Å²) in [7, 11) is 5.77. The molecule has 1 fully saturated rings. The predicted molar refractivity (Wildman–Crippen MR) is 122 cm³/mol. The number of ether oxygens (including phenoxy) is 1. The predicted octanol–water partition coefficient (Wildman–Crippen LogP) is 0.0869. The SMILES string of the molecule is COCCN(C)c1ccc2c(c1)[B]C(=NC1=NCCC(C(=O)N[C@@H]3CCNC3)=C1)N2. The van der Waals surface area contributed by atoms with Gasteiger partial charge in [0.25, 0.3) is 0 Å². The highest BCUT2D eigenvalue weighted by Gasteiger charge is 2.22. The number of amidine groups is 2. The second-order valence-electron chi connectivity index (χ2n) is 7.77. The van der Waals surface area contributed by atoms with E-state index in [1.165, 1.54) is 0 Å². The summed E-state index contributed by atoms with van der Waals surface area (Å²) in [6, 6.07) is 6.48. The van der Waals surface area contributed by atoms with Gasteiger partial charge in [-0.05, 0) is 43.7 Å². The normalized spacial score (nSPS) is 21.4. The summed E-state index contributed by atoms with van der Waals surface area (Å²) in [5, 5.41) is 9.69. The molecule has 30 heavy (non-hydrogen) atoms. The van der Waals surface area contributed by atoms with Gasteiger partial charge in [0.2, 0.25) is 13.2 Å². The molecule has 1 saturated heterocycles. The zero-order valence-electron chi connectivity index (χ0n) is 17.6. The summed E-state index contributed by atoms with van der Waals surface area (Å²) in [5.74, 6) is 0.576. The van der Waals surface area contributed by atoms with Crippen molar-refractivity contribution in [2.75, 3.05) is 57.2 Å². The number of carbonyl (C=O) groups excluding carboxylic acids is 1. The van der Waals surface area contributed by atoms with Crippen LogP contribution in [0.25, 0.3) is 0 Å². The molecule has 0 unspecified atom stereocenters. The summed E-state index contributed by atoms with van der Waals surface area (Å²) in [6.45, 7) is 3.88. The van der Waals surface area contributed by atoms with Gasteiger partial charge in [-0.1, -0.05) is 5.46 Å². The highest BCUT2D eigenvalue weighted by Crippen LogP contribution is 2.18. The largest absolute Gasteiger partial charge is 0.383 e. The molecule has 0 bridgehead atoms. The van der Waals surface area contributed by atoms with Gasteiger partial charge in [-0.15, -0.1) is 0 Å². The Balaban J connectivity index is 1.41. The van der Waals surface area contributed by atoms with Crippen LogP contribution in [-0.2, 0) is 9.53 Å². The number of fused-ring (bicyclic) bond motifs is 1. The van der Waals surface area contributed by atoms with Crippen LogP contribution in [0.2, 0.25) is 0 Å². The molecular formula is C21H28BN6O2. The Labute approximate surface area is 178 Å². The Bertz CT molecular complexity index is 891. The van der Waals surface area contributed by atoms with Crippen molar-refractivity contribution in [2.24, 2.45) is 9.98 Å². The van der Waals surface area contributed by atoms with E-state index in [-0.39, 0.29) is 11.9 Å². The quantitative estimate of drug-likeness (QED) is 0.582. The number of methoxy groups -OCH3 is 1. The number of amides is 1. The first kappa shape index (κ1) is 20.6. The summed E-state index contributed by atoms with van der Waals surface area (Å²) in [6.07, 6.45) is 3.42. The van der Waals surface area contributed by atoms with E-state index in [2.05, 4.69) is 49.0 Å². The molecule has 9 heteroatoms. The molecule has 0 saturated carbocycles. The lowest BCUT2D eigenvalue weighted by atomic mass is 9.71. The Morgan fingerprint density at radius 2 is 2.37 bits per heavy atom. The number of anilines is 2. The molecule has 3 aliphatic rings. The van der Waals surface area contributed by atoms with Crippen LogP contribution in [0.5, 0.6) is 0 Å². The first-order valence-electron chi connectivity index (χ1n) is 10.4. The maximum absolute atomic E-state index is 12.5. The lowest BCUT2D eigenvalue weighted by Crippen LogP contribution is -2.37. The van der Waals surface area contributed by atoms with Crippen molar-refractivity contribution in [1.82, 2.24) is 10.6 Å². The van der Waals surface area contributed by atoms with E-state index < -0.39 is 0 Å². The maximum Gasteiger partial charge on any atom is 0.247 e. The molecule has 1 amide bonds. The molecule has 3 N–H and O–H groups in total. The highest BCUT2D eigenvalue weighted by atomic mass is 16.5. The van der Waals surface area contributed by atoms with Gasteiger partial charge in [0.05, 0.1) is 12.3 Å². The van der Waals surface area contributed by atoms with E-state index in [1.807, 2.05) is 14.3 Å². The number of carbonyl (C=O) groups is 1. The van der Waals surface area contributed by atoms with Crippen molar-refractivity contribution in [1.29, 1.82) is 0 Å². The summed E-state index contributed by atoms with van der Waals surface area (Å²) < 4.78 is 5.16. The fourth-order valence-corrected chi connectivity index (χ4v) is 3.75. The molecule has 3 aliphatic heterocycles. The molecule has 3 heterocycles. The first-order chi connectivity index (χ1) is 14.6. The fraction of sp³-hybridized carbons (Fsp3) is 0.476. The van der Waals surface area contributed by atoms with E-state index >= 15 is 0 Å². The Morgan fingerprint density at radius 3 is 3.17 bits per heavy atom. The van der Waals surface area contributed by atoms with Crippen molar-refractivity contribution < 1.29 is 9.53 Å². The second kappa shape index (κ2) is 9.44. The first-order valence-corrected chi connectivity index (χ1v) is 10.4. The minimum absolute atomic E-state index is 0.00770. The maximum atomic E-state index is 12.5. The number of benzene rings is 1. The third-order valence-corrected chi connectivity index (χ3v) is 5.54. The Hall–Kier alpha value is -2.65. The number of aliphatic imine (C=N–C) groups is 2. The summed E-state index contributed by atoms with van der Waals surface area (Å²) >= 11 is 0. The average Bonchev–Trinajstić information content (AvgIpc) is 3.40. The van der Waals surface area contributed by atoms with Crippen LogP contribution in [0.3, 0.4) is 0 Å². The van der Waals surface area contributed by atoms with E-state index in [0.29, 0.717) is 25.4 Å². The minimum Gasteiger partial charge on any atom is -0.383 e. The molecule has 0 spiro atoms. The molecule has 1 atom stereocenters. The van der Waals surface area contributed by atoms with Crippen LogP contribution in [0.1, 0.15) is 12.8 Å². The summed E-state index contributed by atoms with van der Waals surface area (Å²) in [5.41, 5.74) is 4.71. The highest BCUT2D eigenvalue weighted by molar-refractivity contribution is 6.91. The third kappa shape index (κ3) is 4.91. The molecule has 0 aliphatic carbocycles. The molecule has 157 valence electrons. The average molecular weight is 407 g/mol. The van der Waals surface area contributed by atoms with Gasteiger partial charge in [0.1, 0.15) is 5.84 Å². The van der Waals surface area contributed by atoms with Crippen LogP contribution in [0, 0.1) is 0 Å². The van der Waals surface area contributed by atoms with Crippen LogP contribution >= 0.6 is 0 Å². The number of likely N-dealkylation sites (N-methyl/N-ethyl adjacent to an activating group) is 1. The second-order valence-corrected chi connectivity index (χ2v) is 7.77. The summed E-state index contributed by atoms with van der Waals surface area (Å²) in [4.78, 5) is 23.8. The van der Waals surface area contributed by atoms with Crippen LogP contribution in [-0.4, -0.2) is 77.7 Å². The molecule has 1 aromatic rings. The van der Waals surface area contributed by atoms with Crippen molar-refractivity contribution in [3.05, 3.63) is 29.8 Å². The van der Waals surface area contributed by atoms with Gasteiger partial charge in [-0.2, -0.15) is 0 Å². The number of dihydropyridines is 1. The molecule has 1 radical (unpaired) electrons. The Morgan fingerprint density at radius 1 is 1.47 bits per heavy atom.